The molecule has 0 saturated heterocycles. The fourth-order valence-electron chi connectivity index (χ4n) is 1.03. The molecule has 0 aromatic rings. The monoisotopic (exact) mass is 160 g/mol. The minimum absolute atomic E-state index is 0.0544. The molecule has 11 heavy (non-hydrogen) atoms. The number of carbonyl (C=O) groups is 1. The minimum Gasteiger partial charge on any atom is -0.463 e. The number of alkyl halides is 1. The highest BCUT2D eigenvalue weighted by Crippen LogP contribution is 2.39. The van der Waals surface area contributed by atoms with Crippen molar-refractivity contribution in [2.45, 2.75) is 26.4 Å². The van der Waals surface area contributed by atoms with Crippen LogP contribution in [0.1, 0.15) is 20.3 Å². The largest absolute Gasteiger partial charge is 0.463 e. The van der Waals surface area contributed by atoms with Gasteiger partial charge in [-0.2, -0.15) is 0 Å². The molecule has 0 aliphatic heterocycles. The van der Waals surface area contributed by atoms with Gasteiger partial charge in [-0.25, -0.2) is 0 Å². The van der Waals surface area contributed by atoms with E-state index in [0.717, 1.165) is 0 Å². The van der Waals surface area contributed by atoms with Gasteiger partial charge in [0.1, 0.15) is 0 Å². The molecular formula is C8H13FO2. The molecule has 1 aliphatic carbocycles. The maximum Gasteiger partial charge on any atom is 0.309 e. The first-order chi connectivity index (χ1) is 5.15. The average molecular weight is 160 g/mol. The second kappa shape index (κ2) is 3.20. The topological polar surface area (TPSA) is 26.3 Å². The first-order valence-electron chi connectivity index (χ1n) is 3.91. The van der Waals surface area contributed by atoms with E-state index in [4.69, 9.17) is 4.74 Å². The van der Waals surface area contributed by atoms with Crippen LogP contribution in [0.3, 0.4) is 0 Å². The molecule has 0 heterocycles. The average Bonchev–Trinajstić information content (AvgIpc) is 2.63. The van der Waals surface area contributed by atoms with E-state index in [-0.39, 0.29) is 23.9 Å². The first-order valence-corrected chi connectivity index (χ1v) is 3.91. The molecule has 0 radical (unpaired) electrons. The van der Waals surface area contributed by atoms with Crippen LogP contribution in [0.4, 0.5) is 4.39 Å². The van der Waals surface area contributed by atoms with Gasteiger partial charge < -0.3 is 4.74 Å². The van der Waals surface area contributed by atoms with Crippen LogP contribution >= 0.6 is 0 Å². The van der Waals surface area contributed by atoms with E-state index in [2.05, 4.69) is 0 Å². The Morgan fingerprint density at radius 1 is 1.73 bits per heavy atom. The molecule has 0 spiro atoms. The Morgan fingerprint density at radius 3 is 2.73 bits per heavy atom. The van der Waals surface area contributed by atoms with Crippen LogP contribution in [0.25, 0.3) is 0 Å². The summed E-state index contributed by atoms with van der Waals surface area (Å²) in [5, 5.41) is 0. The zero-order valence-electron chi connectivity index (χ0n) is 6.84. The van der Waals surface area contributed by atoms with Crippen LogP contribution in [0.5, 0.6) is 0 Å². The third kappa shape index (κ3) is 2.17. The Balaban J connectivity index is 2.23. The van der Waals surface area contributed by atoms with Crippen molar-refractivity contribution < 1.29 is 13.9 Å². The van der Waals surface area contributed by atoms with E-state index in [0.29, 0.717) is 6.42 Å². The van der Waals surface area contributed by atoms with Gasteiger partial charge >= 0.3 is 5.97 Å². The molecule has 0 aromatic carbocycles. The maximum atomic E-state index is 11.9. The molecule has 1 rings (SSSR count). The number of rotatable bonds is 3. The summed E-state index contributed by atoms with van der Waals surface area (Å²) in [4.78, 5) is 11.0. The second-order valence-corrected chi connectivity index (χ2v) is 3.24. The van der Waals surface area contributed by atoms with Crippen molar-refractivity contribution in [1.82, 2.24) is 0 Å². The third-order valence-electron chi connectivity index (χ3n) is 1.78. The Kier molecular flexibility index (Phi) is 2.47. The number of carbonyl (C=O) groups excluding carboxylic acids is 1. The molecular weight excluding hydrogens is 147 g/mol. The molecule has 0 bridgehead atoms. The second-order valence-electron chi connectivity index (χ2n) is 3.24. The summed E-state index contributed by atoms with van der Waals surface area (Å²) >= 11 is 0. The quantitative estimate of drug-likeness (QED) is 0.585. The minimum atomic E-state index is -0.391. The van der Waals surface area contributed by atoms with Gasteiger partial charge in [0.05, 0.1) is 18.7 Å². The van der Waals surface area contributed by atoms with Gasteiger partial charge in [0.2, 0.25) is 0 Å². The van der Waals surface area contributed by atoms with Gasteiger partial charge in [0, 0.05) is 5.92 Å². The van der Waals surface area contributed by atoms with E-state index in [1.54, 1.807) is 13.8 Å². The zero-order valence-corrected chi connectivity index (χ0v) is 6.84. The Hall–Kier alpha value is -0.600. The predicted octanol–water partition coefficient (Wildman–Crippen LogP) is 1.54. The number of halogens is 1. The van der Waals surface area contributed by atoms with E-state index in [9.17, 15) is 9.18 Å². The van der Waals surface area contributed by atoms with Gasteiger partial charge in [-0.3, -0.25) is 9.18 Å². The van der Waals surface area contributed by atoms with Gasteiger partial charge in [-0.1, -0.05) is 0 Å². The Labute approximate surface area is 65.7 Å². The molecule has 0 unspecified atom stereocenters. The van der Waals surface area contributed by atoms with Crippen molar-refractivity contribution in [3.63, 3.8) is 0 Å². The third-order valence-corrected chi connectivity index (χ3v) is 1.78. The van der Waals surface area contributed by atoms with Crippen LogP contribution in [-0.2, 0) is 9.53 Å². The molecule has 0 N–H and O–H groups in total. The van der Waals surface area contributed by atoms with Crippen molar-refractivity contribution in [2.24, 2.45) is 11.8 Å². The number of hydrogen-bond donors (Lipinski definition) is 0. The van der Waals surface area contributed by atoms with Crippen molar-refractivity contribution in [2.75, 3.05) is 6.67 Å². The fourth-order valence-corrected chi connectivity index (χ4v) is 1.03. The lowest BCUT2D eigenvalue weighted by Crippen LogP contribution is -2.14. The predicted molar refractivity (Wildman–Crippen MR) is 38.8 cm³/mol. The summed E-state index contributed by atoms with van der Waals surface area (Å²) < 4.78 is 16.8. The lowest BCUT2D eigenvalue weighted by Gasteiger charge is -2.06. The Bertz CT molecular complexity index is 156. The molecule has 2 atom stereocenters. The summed E-state index contributed by atoms with van der Waals surface area (Å²) in [6.07, 6.45) is 0.588. The van der Waals surface area contributed by atoms with Crippen molar-refractivity contribution in [1.29, 1.82) is 0 Å². The SMILES string of the molecule is CC(C)OC(=O)[C@@H]1C[C@@H]1CF. The molecule has 2 nitrogen and oxygen atoms in total. The van der Waals surface area contributed by atoms with Crippen LogP contribution < -0.4 is 0 Å². The lowest BCUT2D eigenvalue weighted by molar-refractivity contribution is -0.149. The molecule has 0 aromatic heterocycles. The molecule has 3 heteroatoms. The molecule has 1 saturated carbocycles. The maximum absolute atomic E-state index is 11.9. The normalized spacial score (nSPS) is 28.7. The van der Waals surface area contributed by atoms with Crippen LogP contribution in [0.2, 0.25) is 0 Å². The van der Waals surface area contributed by atoms with Crippen LogP contribution in [0.15, 0.2) is 0 Å². The van der Waals surface area contributed by atoms with Gasteiger partial charge in [0.25, 0.3) is 0 Å². The summed E-state index contributed by atoms with van der Waals surface area (Å²) in [5.74, 6) is -0.439. The van der Waals surface area contributed by atoms with Gasteiger partial charge in [-0.15, -0.1) is 0 Å². The molecule has 64 valence electrons. The summed E-state index contributed by atoms with van der Waals surface area (Å²) in [7, 11) is 0. The molecule has 1 fully saturated rings. The van der Waals surface area contributed by atoms with Crippen molar-refractivity contribution in [3.05, 3.63) is 0 Å². The fraction of sp³-hybridized carbons (Fsp3) is 0.875. The van der Waals surface area contributed by atoms with Crippen LogP contribution in [-0.4, -0.2) is 18.7 Å². The smallest absolute Gasteiger partial charge is 0.309 e. The number of ether oxygens (including phenoxy) is 1. The molecule has 0 amide bonds. The van der Waals surface area contributed by atoms with E-state index in [1.165, 1.54) is 0 Å². The highest BCUT2D eigenvalue weighted by molar-refractivity contribution is 5.75. The highest BCUT2D eigenvalue weighted by atomic mass is 19.1. The van der Waals surface area contributed by atoms with E-state index < -0.39 is 6.67 Å². The number of esters is 1. The van der Waals surface area contributed by atoms with Gasteiger partial charge in [0.15, 0.2) is 0 Å². The van der Waals surface area contributed by atoms with E-state index >= 15 is 0 Å². The summed E-state index contributed by atoms with van der Waals surface area (Å²) in [5.41, 5.74) is 0. The van der Waals surface area contributed by atoms with Crippen LogP contribution in [0, 0.1) is 11.8 Å². The number of hydrogen-bond acceptors (Lipinski definition) is 2. The summed E-state index contributed by atoms with van der Waals surface area (Å²) in [6, 6.07) is 0. The first kappa shape index (κ1) is 8.50. The lowest BCUT2D eigenvalue weighted by atomic mass is 10.3. The van der Waals surface area contributed by atoms with Crippen molar-refractivity contribution in [3.8, 4) is 0 Å². The van der Waals surface area contributed by atoms with Crippen molar-refractivity contribution >= 4 is 5.97 Å². The standard InChI is InChI=1S/C8H13FO2/c1-5(2)11-8(10)7-3-6(7)4-9/h5-7H,3-4H2,1-2H3/t6-,7-/m1/s1. The van der Waals surface area contributed by atoms with Gasteiger partial charge in [-0.05, 0) is 20.3 Å². The van der Waals surface area contributed by atoms with E-state index in [1.807, 2.05) is 0 Å². The molecule has 1 aliphatic rings. The highest BCUT2D eigenvalue weighted by Gasteiger charge is 2.44. The Morgan fingerprint density at radius 2 is 2.36 bits per heavy atom. The zero-order chi connectivity index (χ0) is 8.43. The summed E-state index contributed by atoms with van der Waals surface area (Å²) in [6.45, 7) is 3.20.